The summed E-state index contributed by atoms with van der Waals surface area (Å²) in [5.41, 5.74) is 0. The molecule has 1 aromatic carbocycles. The summed E-state index contributed by atoms with van der Waals surface area (Å²) < 4.78 is 0. The van der Waals surface area contributed by atoms with Gasteiger partial charge in [-0.1, -0.05) is 36.4 Å². The maximum Gasteiger partial charge on any atom is 0.0211 e. The highest BCUT2D eigenvalue weighted by Gasteiger charge is 2.00. The van der Waals surface area contributed by atoms with E-state index in [0.717, 1.165) is 11.5 Å². The van der Waals surface area contributed by atoms with Gasteiger partial charge in [-0.25, -0.2) is 0 Å². The lowest BCUT2D eigenvalue weighted by atomic mass is 10.4. The SMILES string of the molecule is CC=CCSc1ccccc1SCC=CC. The quantitative estimate of drug-likeness (QED) is 0.513. The summed E-state index contributed by atoms with van der Waals surface area (Å²) in [6, 6.07) is 8.62. The van der Waals surface area contributed by atoms with Gasteiger partial charge in [-0.2, -0.15) is 0 Å². The van der Waals surface area contributed by atoms with Gasteiger partial charge in [0.1, 0.15) is 0 Å². The van der Waals surface area contributed by atoms with Crippen LogP contribution in [0.4, 0.5) is 0 Å². The maximum absolute atomic E-state index is 2.20. The second kappa shape index (κ2) is 8.54. The van der Waals surface area contributed by atoms with Crippen molar-refractivity contribution < 1.29 is 0 Å². The zero-order valence-corrected chi connectivity index (χ0v) is 11.5. The highest BCUT2D eigenvalue weighted by molar-refractivity contribution is 8.02. The molecule has 0 radical (unpaired) electrons. The lowest BCUT2D eigenvalue weighted by Crippen LogP contribution is -1.80. The first-order valence-electron chi connectivity index (χ1n) is 5.45. The molecule has 0 aliphatic carbocycles. The van der Waals surface area contributed by atoms with Crippen LogP contribution in [-0.4, -0.2) is 11.5 Å². The van der Waals surface area contributed by atoms with Gasteiger partial charge >= 0.3 is 0 Å². The van der Waals surface area contributed by atoms with E-state index in [0.29, 0.717) is 0 Å². The summed E-state index contributed by atoms with van der Waals surface area (Å²) in [4.78, 5) is 2.77. The first-order chi connectivity index (χ1) is 7.88. The van der Waals surface area contributed by atoms with Crippen LogP contribution in [-0.2, 0) is 0 Å². The van der Waals surface area contributed by atoms with Crippen molar-refractivity contribution in [3.63, 3.8) is 0 Å². The number of thioether (sulfide) groups is 2. The number of allylic oxidation sites excluding steroid dienone is 2. The van der Waals surface area contributed by atoms with E-state index in [9.17, 15) is 0 Å². The Morgan fingerprint density at radius 1 is 0.875 bits per heavy atom. The van der Waals surface area contributed by atoms with Crippen molar-refractivity contribution in [1.29, 1.82) is 0 Å². The highest BCUT2D eigenvalue weighted by atomic mass is 32.2. The Hall–Kier alpha value is -0.600. The van der Waals surface area contributed by atoms with Gasteiger partial charge in [-0.3, -0.25) is 0 Å². The molecule has 16 heavy (non-hydrogen) atoms. The molecule has 0 aromatic heterocycles. The Balaban J connectivity index is 2.59. The monoisotopic (exact) mass is 250 g/mol. The Bertz CT molecular complexity index is 319. The Morgan fingerprint density at radius 2 is 1.31 bits per heavy atom. The zero-order chi connectivity index (χ0) is 11.6. The van der Waals surface area contributed by atoms with Gasteiger partial charge in [-0.05, 0) is 26.0 Å². The van der Waals surface area contributed by atoms with Crippen molar-refractivity contribution in [2.75, 3.05) is 11.5 Å². The summed E-state index contributed by atoms with van der Waals surface area (Å²) in [5.74, 6) is 2.11. The third-order valence-corrected chi connectivity index (χ3v) is 4.17. The van der Waals surface area contributed by atoms with E-state index >= 15 is 0 Å². The van der Waals surface area contributed by atoms with Crippen molar-refractivity contribution >= 4 is 23.5 Å². The molecule has 0 atom stereocenters. The molecule has 1 aromatic rings. The van der Waals surface area contributed by atoms with Crippen molar-refractivity contribution in [2.45, 2.75) is 23.6 Å². The second-order valence-electron chi connectivity index (χ2n) is 3.21. The minimum Gasteiger partial charge on any atom is -0.121 e. The third kappa shape index (κ3) is 4.95. The minimum absolute atomic E-state index is 1.05. The summed E-state index contributed by atoms with van der Waals surface area (Å²) in [5, 5.41) is 0. The van der Waals surface area contributed by atoms with Crippen LogP contribution in [0.5, 0.6) is 0 Å². The molecule has 0 aliphatic heterocycles. The normalized spacial score (nSPS) is 11.6. The van der Waals surface area contributed by atoms with Crippen LogP contribution in [0.2, 0.25) is 0 Å². The van der Waals surface area contributed by atoms with E-state index in [1.165, 1.54) is 9.79 Å². The molecule has 0 fully saturated rings. The first kappa shape index (κ1) is 13.5. The fraction of sp³-hybridized carbons (Fsp3) is 0.286. The predicted molar refractivity (Wildman–Crippen MR) is 77.5 cm³/mol. The number of benzene rings is 1. The van der Waals surface area contributed by atoms with E-state index in [4.69, 9.17) is 0 Å². The van der Waals surface area contributed by atoms with Gasteiger partial charge < -0.3 is 0 Å². The minimum atomic E-state index is 1.05. The highest BCUT2D eigenvalue weighted by Crippen LogP contribution is 2.30. The molecule has 0 N–H and O–H groups in total. The van der Waals surface area contributed by atoms with Crippen LogP contribution in [0.1, 0.15) is 13.8 Å². The van der Waals surface area contributed by atoms with Crippen LogP contribution < -0.4 is 0 Å². The first-order valence-corrected chi connectivity index (χ1v) is 7.42. The summed E-state index contributed by atoms with van der Waals surface area (Å²) in [7, 11) is 0. The molecular formula is C14H18S2. The Kier molecular flexibility index (Phi) is 7.19. The molecule has 0 bridgehead atoms. The molecule has 0 amide bonds. The molecule has 0 saturated heterocycles. The lowest BCUT2D eigenvalue weighted by Gasteiger charge is -2.06. The number of hydrogen-bond acceptors (Lipinski definition) is 2. The van der Waals surface area contributed by atoms with Gasteiger partial charge in [0.15, 0.2) is 0 Å². The molecule has 1 rings (SSSR count). The average molecular weight is 250 g/mol. The molecule has 0 spiro atoms. The Labute approximate surface area is 107 Å². The van der Waals surface area contributed by atoms with Crippen LogP contribution in [0.3, 0.4) is 0 Å². The van der Waals surface area contributed by atoms with Crippen LogP contribution in [0.15, 0.2) is 58.4 Å². The van der Waals surface area contributed by atoms with Crippen molar-refractivity contribution in [2.24, 2.45) is 0 Å². The van der Waals surface area contributed by atoms with Crippen LogP contribution >= 0.6 is 23.5 Å². The summed E-state index contributed by atoms with van der Waals surface area (Å²) in [6.45, 7) is 4.13. The standard InChI is InChI=1S/C14H18S2/c1-3-5-11-15-13-9-7-8-10-14(13)16-12-6-4-2/h3-10H,11-12H2,1-2H3. The molecule has 0 nitrogen and oxygen atoms in total. The van der Waals surface area contributed by atoms with E-state index in [1.807, 2.05) is 23.5 Å². The second-order valence-corrected chi connectivity index (χ2v) is 5.33. The molecule has 0 unspecified atom stereocenters. The average Bonchev–Trinajstić information content (AvgIpc) is 2.32. The zero-order valence-electron chi connectivity index (χ0n) is 9.85. The topological polar surface area (TPSA) is 0 Å². The van der Waals surface area contributed by atoms with E-state index in [-0.39, 0.29) is 0 Å². The van der Waals surface area contributed by atoms with Gasteiger partial charge in [-0.15, -0.1) is 23.5 Å². The van der Waals surface area contributed by atoms with Crippen molar-refractivity contribution in [3.8, 4) is 0 Å². The predicted octanol–water partition coefficient (Wildman–Crippen LogP) is 5.02. The smallest absolute Gasteiger partial charge is 0.0211 e. The molecule has 2 heteroatoms. The van der Waals surface area contributed by atoms with Gasteiger partial charge in [0.25, 0.3) is 0 Å². The molecular weight excluding hydrogens is 232 g/mol. The van der Waals surface area contributed by atoms with Gasteiger partial charge in [0.05, 0.1) is 0 Å². The summed E-state index contributed by atoms with van der Waals surface area (Å²) >= 11 is 3.80. The molecule has 0 aliphatic rings. The van der Waals surface area contributed by atoms with Gasteiger partial charge in [0, 0.05) is 21.3 Å². The van der Waals surface area contributed by atoms with Crippen molar-refractivity contribution in [1.82, 2.24) is 0 Å². The molecule has 86 valence electrons. The van der Waals surface area contributed by atoms with Crippen LogP contribution in [0.25, 0.3) is 0 Å². The maximum atomic E-state index is 2.20. The molecule has 0 saturated carbocycles. The summed E-state index contributed by atoms with van der Waals surface area (Å²) in [6.07, 6.45) is 8.58. The largest absolute Gasteiger partial charge is 0.121 e. The van der Waals surface area contributed by atoms with E-state index in [2.05, 4.69) is 62.4 Å². The lowest BCUT2D eigenvalue weighted by molar-refractivity contribution is 1.25. The van der Waals surface area contributed by atoms with Crippen LogP contribution in [0, 0.1) is 0 Å². The Morgan fingerprint density at radius 3 is 1.69 bits per heavy atom. The van der Waals surface area contributed by atoms with Crippen molar-refractivity contribution in [3.05, 3.63) is 48.6 Å². The van der Waals surface area contributed by atoms with Gasteiger partial charge in [0.2, 0.25) is 0 Å². The number of hydrogen-bond donors (Lipinski definition) is 0. The fourth-order valence-corrected chi connectivity index (χ4v) is 3.22. The number of rotatable bonds is 6. The fourth-order valence-electron chi connectivity index (χ4n) is 1.16. The van der Waals surface area contributed by atoms with E-state index in [1.54, 1.807) is 0 Å². The molecule has 0 heterocycles. The van der Waals surface area contributed by atoms with E-state index < -0.39 is 0 Å². The third-order valence-electron chi connectivity index (χ3n) is 1.99.